The summed E-state index contributed by atoms with van der Waals surface area (Å²) < 4.78 is 13.7. The summed E-state index contributed by atoms with van der Waals surface area (Å²) in [6.07, 6.45) is 0. The van der Waals surface area contributed by atoms with Crippen molar-refractivity contribution in [1.82, 2.24) is 13.7 Å². The highest BCUT2D eigenvalue weighted by atomic mass is 16.3. The Hall–Kier alpha value is -8.84. The maximum absolute atomic E-state index is 9.99. The minimum atomic E-state index is 0.500. The summed E-state index contributed by atoms with van der Waals surface area (Å²) in [5, 5.41) is 18.5. The van der Waals surface area contributed by atoms with Crippen LogP contribution >= 0.6 is 0 Å². The molecule has 62 heavy (non-hydrogen) atoms. The van der Waals surface area contributed by atoms with Crippen molar-refractivity contribution in [2.45, 2.75) is 0 Å². The van der Waals surface area contributed by atoms with Crippen molar-refractivity contribution in [3.63, 3.8) is 0 Å². The smallest absolute Gasteiger partial charge is 0.211 e. The summed E-state index contributed by atoms with van der Waals surface area (Å²) in [5.74, 6) is 0. The van der Waals surface area contributed by atoms with E-state index in [1.54, 1.807) is 6.07 Å². The molecule has 4 heterocycles. The van der Waals surface area contributed by atoms with Crippen LogP contribution < -0.4 is 0 Å². The minimum Gasteiger partial charge on any atom is -0.454 e. The van der Waals surface area contributed by atoms with Crippen LogP contribution in [-0.2, 0) is 0 Å². The van der Waals surface area contributed by atoms with Crippen molar-refractivity contribution in [2.75, 3.05) is 0 Å². The molecule has 0 saturated carbocycles. The Morgan fingerprint density at radius 2 is 1.02 bits per heavy atom. The molecule has 0 saturated heterocycles. The lowest BCUT2D eigenvalue weighted by molar-refractivity contribution is 0.671. The molecular weight excluding hydrogens is 759 g/mol. The fourth-order valence-electron chi connectivity index (χ4n) is 10.2. The molecule has 0 radical (unpaired) electrons. The average Bonchev–Trinajstić information content (AvgIpc) is 4.08. The topological polar surface area (TPSA) is 56.1 Å². The summed E-state index contributed by atoms with van der Waals surface area (Å²) in [4.78, 5) is 4.19. The normalized spacial score (nSPS) is 11.8. The lowest BCUT2D eigenvalue weighted by Gasteiger charge is -2.19. The number of rotatable bonds is 4. The number of hydrogen-bond acceptors (Lipinski definition) is 2. The zero-order valence-electron chi connectivity index (χ0n) is 33.0. The molecule has 0 unspecified atom stereocenters. The van der Waals surface area contributed by atoms with Crippen LogP contribution in [-0.4, -0.2) is 13.7 Å². The minimum absolute atomic E-state index is 0.500. The summed E-state index contributed by atoms with van der Waals surface area (Å²) in [7, 11) is 0. The molecule has 0 atom stereocenters. The first-order valence-corrected chi connectivity index (χ1v) is 20.6. The van der Waals surface area contributed by atoms with Gasteiger partial charge in [-0.2, -0.15) is 5.26 Å². The molecule has 0 aliphatic carbocycles. The van der Waals surface area contributed by atoms with Gasteiger partial charge in [-0.1, -0.05) is 127 Å². The number of fused-ring (bicyclic) bond motifs is 14. The van der Waals surface area contributed by atoms with Crippen LogP contribution in [0.5, 0.6) is 0 Å². The van der Waals surface area contributed by atoms with Crippen molar-refractivity contribution in [3.8, 4) is 34.3 Å². The number of nitrogens with zero attached hydrogens (tertiary/aromatic N) is 5. The third kappa shape index (κ3) is 4.50. The third-order valence-electron chi connectivity index (χ3n) is 12.7. The number of para-hydroxylation sites is 7. The summed E-state index contributed by atoms with van der Waals surface area (Å²) in [6.45, 7) is 8.59. The maximum atomic E-state index is 9.99. The van der Waals surface area contributed by atoms with Gasteiger partial charge in [0.15, 0.2) is 5.58 Å². The Morgan fingerprint density at radius 1 is 0.435 bits per heavy atom. The number of furan rings is 1. The Bertz CT molecular complexity index is 4130. The zero-order chi connectivity index (χ0) is 41.1. The molecular formula is C56H31N5O. The predicted octanol–water partition coefficient (Wildman–Crippen LogP) is 15.0. The molecule has 6 heteroatoms. The number of aromatic nitrogens is 3. The Kier molecular flexibility index (Phi) is 7.05. The highest BCUT2D eigenvalue weighted by Crippen LogP contribution is 2.47. The van der Waals surface area contributed by atoms with Crippen LogP contribution in [0, 0.1) is 17.9 Å². The van der Waals surface area contributed by atoms with Gasteiger partial charge in [0.1, 0.15) is 11.7 Å². The van der Waals surface area contributed by atoms with E-state index in [9.17, 15) is 5.26 Å². The highest BCUT2D eigenvalue weighted by Gasteiger charge is 2.26. The van der Waals surface area contributed by atoms with Gasteiger partial charge in [0.25, 0.3) is 0 Å². The molecule has 6 nitrogen and oxygen atoms in total. The number of nitriles is 1. The summed E-state index contributed by atoms with van der Waals surface area (Å²) in [6, 6.07) is 67.7. The number of benzene rings is 9. The van der Waals surface area contributed by atoms with E-state index >= 15 is 0 Å². The first-order chi connectivity index (χ1) is 30.7. The van der Waals surface area contributed by atoms with E-state index in [-0.39, 0.29) is 0 Å². The van der Waals surface area contributed by atoms with Crippen molar-refractivity contribution in [3.05, 3.63) is 205 Å². The van der Waals surface area contributed by atoms with E-state index in [0.29, 0.717) is 16.8 Å². The van der Waals surface area contributed by atoms with Gasteiger partial charge in [0.05, 0.1) is 62.0 Å². The van der Waals surface area contributed by atoms with Gasteiger partial charge in [0.2, 0.25) is 5.69 Å². The molecule has 13 rings (SSSR count). The van der Waals surface area contributed by atoms with Crippen LogP contribution in [0.15, 0.2) is 192 Å². The van der Waals surface area contributed by atoms with Gasteiger partial charge >= 0.3 is 0 Å². The molecule has 0 bridgehead atoms. The lowest BCUT2D eigenvalue weighted by atomic mass is 9.99. The third-order valence-corrected chi connectivity index (χ3v) is 12.7. The average molecular weight is 790 g/mol. The monoisotopic (exact) mass is 789 g/mol. The fourth-order valence-corrected chi connectivity index (χ4v) is 10.2. The summed E-state index contributed by atoms with van der Waals surface area (Å²) >= 11 is 0. The van der Waals surface area contributed by atoms with Crippen molar-refractivity contribution in [1.29, 1.82) is 5.26 Å². The lowest BCUT2D eigenvalue weighted by Crippen LogP contribution is -2.01. The molecule has 0 N–H and O–H groups in total. The van der Waals surface area contributed by atoms with E-state index in [0.717, 1.165) is 88.3 Å². The van der Waals surface area contributed by atoms with Crippen LogP contribution in [0.4, 0.5) is 5.69 Å². The van der Waals surface area contributed by atoms with Crippen molar-refractivity contribution in [2.24, 2.45) is 0 Å². The molecule has 0 aliphatic rings. The van der Waals surface area contributed by atoms with E-state index in [2.05, 4.69) is 170 Å². The Morgan fingerprint density at radius 3 is 1.79 bits per heavy atom. The first kappa shape index (κ1) is 34.1. The molecule has 4 aromatic heterocycles. The molecule has 0 spiro atoms. The van der Waals surface area contributed by atoms with Crippen molar-refractivity contribution >= 4 is 93.0 Å². The van der Waals surface area contributed by atoms with Crippen LogP contribution in [0.3, 0.4) is 0 Å². The largest absolute Gasteiger partial charge is 0.454 e. The quantitative estimate of drug-likeness (QED) is 0.167. The van der Waals surface area contributed by atoms with Crippen LogP contribution in [0.25, 0.3) is 120 Å². The standard InChI is InChI=1S/C56H31N5O/c1-58-44-24-14-22-38(53(44)61-48-28-12-8-21-43(48)52-50(61)32-30-41-40-23-13-15-34(33-57)55(40)62-56(41)52)36-18-6-10-26-46(36)60-47-27-11-7-20-42(47)51-49(60)31-29-39-37-19-5-9-25-45(37)59(54(39)51)35-16-3-2-4-17-35/h2-32H. The second-order valence-electron chi connectivity index (χ2n) is 15.8. The molecule has 0 aliphatic heterocycles. The predicted molar refractivity (Wildman–Crippen MR) is 253 cm³/mol. The van der Waals surface area contributed by atoms with Crippen molar-refractivity contribution < 1.29 is 4.42 Å². The molecule has 286 valence electrons. The SMILES string of the molecule is [C-]#[N+]c1cccc(-c2ccccc2-n2c3ccccc3c3c2ccc2c4ccccc4n(-c4ccccc4)c23)c1-n1c2ccccc2c2c3oc4c(C#N)cccc4c3ccc21. The molecule has 9 aromatic carbocycles. The number of hydrogen-bond donors (Lipinski definition) is 0. The molecule has 13 aromatic rings. The zero-order valence-corrected chi connectivity index (χ0v) is 33.0. The van der Waals surface area contributed by atoms with E-state index in [1.807, 2.05) is 36.4 Å². The van der Waals surface area contributed by atoms with Gasteiger partial charge in [-0.05, 0) is 66.2 Å². The van der Waals surface area contributed by atoms with E-state index in [1.165, 1.54) is 21.7 Å². The second kappa shape index (κ2) is 12.8. The highest BCUT2D eigenvalue weighted by molar-refractivity contribution is 6.27. The van der Waals surface area contributed by atoms with Gasteiger partial charge in [-0.15, -0.1) is 0 Å². The maximum Gasteiger partial charge on any atom is 0.211 e. The molecule has 0 amide bonds. The second-order valence-corrected chi connectivity index (χ2v) is 15.8. The van der Waals surface area contributed by atoms with Gasteiger partial charge in [0, 0.05) is 49.0 Å². The molecule has 0 fully saturated rings. The Labute approximate surface area is 354 Å². The van der Waals surface area contributed by atoms with Gasteiger partial charge < -0.3 is 18.1 Å². The first-order valence-electron chi connectivity index (χ1n) is 20.6. The fraction of sp³-hybridized carbons (Fsp3) is 0. The van der Waals surface area contributed by atoms with Gasteiger partial charge in [-0.3, -0.25) is 0 Å². The van der Waals surface area contributed by atoms with Crippen LogP contribution in [0.2, 0.25) is 0 Å². The Balaban J connectivity index is 1.13. The van der Waals surface area contributed by atoms with Crippen LogP contribution in [0.1, 0.15) is 5.56 Å². The van der Waals surface area contributed by atoms with E-state index < -0.39 is 0 Å². The summed E-state index contributed by atoms with van der Waals surface area (Å²) in [5.41, 5.74) is 13.6. The van der Waals surface area contributed by atoms with E-state index in [4.69, 9.17) is 11.0 Å². The van der Waals surface area contributed by atoms with Gasteiger partial charge in [-0.25, -0.2) is 4.85 Å².